The molecule has 0 aliphatic heterocycles. The van der Waals surface area contributed by atoms with Gasteiger partial charge in [-0.2, -0.15) is 0 Å². The molecule has 0 radical (unpaired) electrons. The van der Waals surface area contributed by atoms with Crippen molar-refractivity contribution in [3.05, 3.63) is 78.2 Å². The predicted molar refractivity (Wildman–Crippen MR) is 113 cm³/mol. The summed E-state index contributed by atoms with van der Waals surface area (Å²) in [5.41, 5.74) is 3.44. The second-order valence-corrected chi connectivity index (χ2v) is 6.49. The third-order valence-corrected chi connectivity index (χ3v) is 4.62. The van der Waals surface area contributed by atoms with Gasteiger partial charge in [0.25, 0.3) is 5.91 Å². The molecule has 0 unspecified atom stereocenters. The van der Waals surface area contributed by atoms with Crippen LogP contribution in [0.15, 0.2) is 67.1 Å². The number of hydrogen-bond donors (Lipinski definition) is 3. The maximum atomic E-state index is 12.4. The molecular weight excluding hydrogens is 366 g/mol. The largest absolute Gasteiger partial charge is 0.495 e. The number of nitrogens with one attached hydrogen (secondary N) is 3. The molecule has 7 nitrogen and oxygen atoms in total. The lowest BCUT2D eigenvalue weighted by Crippen LogP contribution is -2.26. The van der Waals surface area contributed by atoms with Crippen LogP contribution in [0.25, 0.3) is 10.9 Å². The van der Waals surface area contributed by atoms with Crippen LogP contribution < -0.4 is 15.4 Å². The maximum absolute atomic E-state index is 12.4. The first kappa shape index (κ1) is 18.5. The van der Waals surface area contributed by atoms with Gasteiger partial charge in [0.15, 0.2) is 0 Å². The normalized spacial score (nSPS) is 10.7. The summed E-state index contributed by atoms with van der Waals surface area (Å²) >= 11 is 0. The van der Waals surface area contributed by atoms with E-state index in [9.17, 15) is 4.79 Å². The van der Waals surface area contributed by atoms with E-state index >= 15 is 0 Å². The van der Waals surface area contributed by atoms with Crippen molar-refractivity contribution in [3.8, 4) is 5.75 Å². The van der Waals surface area contributed by atoms with Gasteiger partial charge in [0.1, 0.15) is 5.75 Å². The molecule has 0 bridgehead atoms. The molecule has 0 atom stereocenters. The van der Waals surface area contributed by atoms with Crippen LogP contribution in [-0.4, -0.2) is 34.5 Å². The van der Waals surface area contributed by atoms with Crippen molar-refractivity contribution in [1.29, 1.82) is 0 Å². The number of benzene rings is 2. The number of H-pyrrole nitrogens is 1. The quantitative estimate of drug-likeness (QED) is 0.450. The van der Waals surface area contributed by atoms with Crippen molar-refractivity contribution in [3.63, 3.8) is 0 Å². The van der Waals surface area contributed by atoms with Crippen molar-refractivity contribution in [1.82, 2.24) is 20.3 Å². The van der Waals surface area contributed by atoms with Crippen LogP contribution in [0.4, 0.5) is 11.6 Å². The van der Waals surface area contributed by atoms with E-state index in [2.05, 4.69) is 31.7 Å². The van der Waals surface area contributed by atoms with Gasteiger partial charge in [0.05, 0.1) is 18.4 Å². The number of para-hydroxylation sites is 3. The molecule has 2 aromatic carbocycles. The first-order chi connectivity index (χ1) is 14.2. The minimum atomic E-state index is -0.200. The zero-order valence-electron chi connectivity index (χ0n) is 16.0. The Balaban J connectivity index is 1.34. The van der Waals surface area contributed by atoms with Gasteiger partial charge in [-0.3, -0.25) is 4.79 Å². The zero-order chi connectivity index (χ0) is 20.1. The SMILES string of the molecule is COc1ccccc1Nc1ncc(C(=O)NCCc2c[nH]c3ccccc23)cn1. The number of carbonyl (C=O) groups is 1. The molecule has 0 saturated heterocycles. The highest BCUT2D eigenvalue weighted by molar-refractivity contribution is 5.93. The average molecular weight is 387 g/mol. The lowest BCUT2D eigenvalue weighted by atomic mass is 10.1. The second kappa shape index (κ2) is 8.43. The lowest BCUT2D eigenvalue weighted by Gasteiger charge is -2.09. The third-order valence-electron chi connectivity index (χ3n) is 4.62. The standard InChI is InChI=1S/C22H21N5O2/c1-29-20-9-5-4-8-19(20)27-22-25-13-16(14-26-22)21(28)23-11-10-15-12-24-18-7-3-2-6-17(15)18/h2-9,12-14,24H,10-11H2,1H3,(H,23,28)(H,25,26,27). The highest BCUT2D eigenvalue weighted by Crippen LogP contribution is 2.25. The molecule has 0 spiro atoms. The van der Waals surface area contributed by atoms with Crippen LogP contribution in [0.1, 0.15) is 15.9 Å². The zero-order valence-corrected chi connectivity index (χ0v) is 16.0. The smallest absolute Gasteiger partial charge is 0.254 e. The highest BCUT2D eigenvalue weighted by atomic mass is 16.5. The van der Waals surface area contributed by atoms with Crippen LogP contribution in [0.2, 0.25) is 0 Å². The van der Waals surface area contributed by atoms with Crippen molar-refractivity contribution < 1.29 is 9.53 Å². The number of anilines is 2. The number of ether oxygens (including phenoxy) is 1. The summed E-state index contributed by atoms with van der Waals surface area (Å²) in [5.74, 6) is 0.883. The summed E-state index contributed by atoms with van der Waals surface area (Å²) < 4.78 is 5.30. The van der Waals surface area contributed by atoms with Crippen molar-refractivity contribution in [2.45, 2.75) is 6.42 Å². The fraction of sp³-hybridized carbons (Fsp3) is 0.136. The molecule has 1 amide bonds. The molecule has 0 aliphatic carbocycles. The minimum absolute atomic E-state index is 0.200. The Morgan fingerprint density at radius 3 is 2.66 bits per heavy atom. The fourth-order valence-electron chi connectivity index (χ4n) is 3.13. The Kier molecular flexibility index (Phi) is 5.38. The molecule has 7 heteroatoms. The Labute approximate surface area is 168 Å². The van der Waals surface area contributed by atoms with E-state index < -0.39 is 0 Å². The van der Waals surface area contributed by atoms with Crippen LogP contribution in [0.3, 0.4) is 0 Å². The first-order valence-corrected chi connectivity index (χ1v) is 9.30. The van der Waals surface area contributed by atoms with Crippen molar-refractivity contribution >= 4 is 28.4 Å². The minimum Gasteiger partial charge on any atom is -0.495 e. The number of amides is 1. The molecule has 2 aromatic heterocycles. The Morgan fingerprint density at radius 1 is 1.07 bits per heavy atom. The molecule has 0 fully saturated rings. The summed E-state index contributed by atoms with van der Waals surface area (Å²) in [7, 11) is 1.60. The van der Waals surface area contributed by atoms with Gasteiger partial charge in [0, 0.05) is 36.0 Å². The van der Waals surface area contributed by atoms with E-state index in [1.807, 2.05) is 48.7 Å². The number of rotatable bonds is 7. The maximum Gasteiger partial charge on any atom is 0.254 e. The van der Waals surface area contributed by atoms with Crippen molar-refractivity contribution in [2.24, 2.45) is 0 Å². The van der Waals surface area contributed by atoms with Crippen molar-refractivity contribution in [2.75, 3.05) is 19.0 Å². The Morgan fingerprint density at radius 2 is 1.83 bits per heavy atom. The molecule has 2 heterocycles. The van der Waals surface area contributed by atoms with Gasteiger partial charge in [-0.05, 0) is 30.2 Å². The molecule has 4 aromatic rings. The number of aromatic nitrogens is 3. The number of nitrogens with zero attached hydrogens (tertiary/aromatic N) is 2. The van der Waals surface area contributed by atoms with E-state index in [0.717, 1.165) is 17.6 Å². The molecule has 0 saturated carbocycles. The fourth-order valence-corrected chi connectivity index (χ4v) is 3.13. The van der Waals surface area contributed by atoms with Crippen LogP contribution >= 0.6 is 0 Å². The summed E-state index contributed by atoms with van der Waals surface area (Å²) in [5, 5.41) is 7.18. The summed E-state index contributed by atoms with van der Waals surface area (Å²) in [6, 6.07) is 15.6. The van der Waals surface area contributed by atoms with E-state index in [0.29, 0.717) is 23.8 Å². The van der Waals surface area contributed by atoms with Gasteiger partial charge in [0.2, 0.25) is 5.95 Å². The number of fused-ring (bicyclic) bond motifs is 1. The summed E-state index contributed by atoms with van der Waals surface area (Å²) in [6.45, 7) is 0.530. The second-order valence-electron chi connectivity index (χ2n) is 6.49. The number of methoxy groups -OCH3 is 1. The summed E-state index contributed by atoms with van der Waals surface area (Å²) in [4.78, 5) is 24.1. The summed E-state index contributed by atoms with van der Waals surface area (Å²) in [6.07, 6.45) is 5.74. The Bertz CT molecular complexity index is 1120. The van der Waals surface area contributed by atoms with Gasteiger partial charge < -0.3 is 20.4 Å². The average Bonchev–Trinajstić information content (AvgIpc) is 3.18. The van der Waals surface area contributed by atoms with Gasteiger partial charge in [-0.25, -0.2) is 9.97 Å². The number of carbonyl (C=O) groups excluding carboxylic acids is 1. The van der Waals surface area contributed by atoms with E-state index in [1.165, 1.54) is 23.3 Å². The van der Waals surface area contributed by atoms with E-state index in [1.54, 1.807) is 7.11 Å². The van der Waals surface area contributed by atoms with Gasteiger partial charge >= 0.3 is 0 Å². The van der Waals surface area contributed by atoms with E-state index in [-0.39, 0.29) is 5.91 Å². The predicted octanol–water partition coefficient (Wildman–Crippen LogP) is 3.68. The molecule has 29 heavy (non-hydrogen) atoms. The monoisotopic (exact) mass is 387 g/mol. The van der Waals surface area contributed by atoms with Crippen LogP contribution in [-0.2, 0) is 6.42 Å². The molecular formula is C22H21N5O2. The van der Waals surface area contributed by atoms with Crippen LogP contribution in [0, 0.1) is 0 Å². The van der Waals surface area contributed by atoms with Gasteiger partial charge in [-0.1, -0.05) is 30.3 Å². The van der Waals surface area contributed by atoms with E-state index in [4.69, 9.17) is 4.74 Å². The molecule has 0 aliphatic rings. The topological polar surface area (TPSA) is 91.9 Å². The lowest BCUT2D eigenvalue weighted by molar-refractivity contribution is 0.0953. The van der Waals surface area contributed by atoms with Crippen LogP contribution in [0.5, 0.6) is 5.75 Å². The van der Waals surface area contributed by atoms with Gasteiger partial charge in [-0.15, -0.1) is 0 Å². The molecule has 146 valence electrons. The number of hydrogen-bond acceptors (Lipinski definition) is 5. The molecule has 4 rings (SSSR count). The first-order valence-electron chi connectivity index (χ1n) is 9.30. The third kappa shape index (κ3) is 4.19. The molecule has 3 N–H and O–H groups in total. The highest BCUT2D eigenvalue weighted by Gasteiger charge is 2.09. The Hall–Kier alpha value is -3.87. The number of aromatic amines is 1.